The molecule has 0 aliphatic heterocycles. The summed E-state index contributed by atoms with van der Waals surface area (Å²) in [5.41, 5.74) is 0.972. The third kappa shape index (κ3) is 5.13. The van der Waals surface area contributed by atoms with Crippen molar-refractivity contribution in [3.05, 3.63) is 44.3 Å². The Labute approximate surface area is 137 Å². The van der Waals surface area contributed by atoms with Gasteiger partial charge in [-0.3, -0.25) is 0 Å². The topological polar surface area (TPSA) is 54.4 Å². The molecule has 0 amide bonds. The van der Waals surface area contributed by atoms with Crippen molar-refractivity contribution in [3.63, 3.8) is 0 Å². The van der Waals surface area contributed by atoms with Crippen molar-refractivity contribution in [2.75, 3.05) is 13.2 Å². The van der Waals surface area contributed by atoms with Gasteiger partial charge in [0.2, 0.25) is 0 Å². The Morgan fingerprint density at radius 2 is 2.10 bits per heavy atom. The summed E-state index contributed by atoms with van der Waals surface area (Å²) in [7, 11) is 0. The van der Waals surface area contributed by atoms with E-state index in [1.54, 1.807) is 29.5 Å². The molecule has 0 spiro atoms. The summed E-state index contributed by atoms with van der Waals surface area (Å²) in [5.74, 6) is 0.398. The van der Waals surface area contributed by atoms with Gasteiger partial charge in [-0.1, -0.05) is 29.3 Å². The summed E-state index contributed by atoms with van der Waals surface area (Å²) in [6.07, 6.45) is -0.655. The minimum absolute atomic E-state index is 0.118. The number of thiazole rings is 1. The molecular formula is C14H16Cl2N2O2S. The van der Waals surface area contributed by atoms with Gasteiger partial charge in [0.1, 0.15) is 12.7 Å². The predicted octanol–water partition coefficient (Wildman–Crippen LogP) is 3.29. The second-order valence-corrected chi connectivity index (χ2v) is 6.38. The zero-order valence-electron chi connectivity index (χ0n) is 11.5. The molecule has 0 fully saturated rings. The minimum atomic E-state index is -0.655. The Morgan fingerprint density at radius 3 is 2.71 bits per heavy atom. The maximum Gasteiger partial charge on any atom is 0.156 e. The molecule has 1 heterocycles. The Balaban J connectivity index is 1.73. The fourth-order valence-corrected chi connectivity index (χ4v) is 2.83. The largest absolute Gasteiger partial charge is 0.488 e. The Hall–Kier alpha value is -0.850. The fraction of sp³-hybridized carbons (Fsp3) is 0.357. The fourth-order valence-electron chi connectivity index (χ4n) is 1.72. The van der Waals surface area contributed by atoms with Crippen molar-refractivity contribution < 1.29 is 9.84 Å². The Bertz CT molecular complexity index is 572. The highest BCUT2D eigenvalue weighted by molar-refractivity contribution is 7.09. The molecule has 0 aliphatic rings. The van der Waals surface area contributed by atoms with Crippen LogP contribution in [0.4, 0.5) is 0 Å². The maximum atomic E-state index is 9.88. The predicted molar refractivity (Wildman–Crippen MR) is 86.5 cm³/mol. The van der Waals surface area contributed by atoms with Crippen molar-refractivity contribution in [1.82, 2.24) is 10.3 Å². The van der Waals surface area contributed by atoms with Crippen LogP contribution in [0.5, 0.6) is 5.75 Å². The van der Waals surface area contributed by atoms with E-state index in [0.717, 1.165) is 10.7 Å². The molecule has 0 radical (unpaired) electrons. The van der Waals surface area contributed by atoms with E-state index in [2.05, 4.69) is 10.3 Å². The van der Waals surface area contributed by atoms with Crippen molar-refractivity contribution in [2.24, 2.45) is 0 Å². The highest BCUT2D eigenvalue weighted by atomic mass is 35.5. The van der Waals surface area contributed by atoms with Crippen LogP contribution in [0.2, 0.25) is 10.0 Å². The van der Waals surface area contributed by atoms with E-state index in [1.165, 1.54) is 0 Å². The lowest BCUT2D eigenvalue weighted by Crippen LogP contribution is -2.31. The molecular weight excluding hydrogens is 331 g/mol. The second-order valence-electron chi connectivity index (χ2n) is 4.50. The van der Waals surface area contributed by atoms with E-state index in [1.807, 2.05) is 12.3 Å². The average molecular weight is 347 g/mol. The highest BCUT2D eigenvalue weighted by Gasteiger charge is 2.10. The third-order valence-corrected chi connectivity index (χ3v) is 4.11. The summed E-state index contributed by atoms with van der Waals surface area (Å²) in [6, 6.07) is 5.13. The van der Waals surface area contributed by atoms with Crippen LogP contribution in [-0.2, 0) is 6.54 Å². The summed E-state index contributed by atoms with van der Waals surface area (Å²) in [4.78, 5) is 4.33. The van der Waals surface area contributed by atoms with Crippen LogP contribution in [0.25, 0.3) is 0 Å². The first-order valence-corrected chi connectivity index (χ1v) is 8.06. The number of benzene rings is 1. The molecule has 4 nitrogen and oxygen atoms in total. The number of aliphatic hydroxyl groups excluding tert-OH is 1. The van der Waals surface area contributed by atoms with Gasteiger partial charge in [-0.2, -0.15) is 0 Å². The number of hydrogen-bond donors (Lipinski definition) is 2. The number of halogens is 2. The van der Waals surface area contributed by atoms with Gasteiger partial charge < -0.3 is 15.2 Å². The molecule has 1 aromatic carbocycles. The number of nitrogens with zero attached hydrogens (tertiary/aromatic N) is 1. The van der Waals surface area contributed by atoms with Crippen LogP contribution < -0.4 is 10.1 Å². The molecule has 0 bridgehead atoms. The quantitative estimate of drug-likeness (QED) is 0.807. The van der Waals surface area contributed by atoms with E-state index in [0.29, 0.717) is 28.9 Å². The van der Waals surface area contributed by atoms with Gasteiger partial charge in [0.05, 0.1) is 20.7 Å². The van der Waals surface area contributed by atoms with Crippen molar-refractivity contribution in [3.8, 4) is 5.75 Å². The lowest BCUT2D eigenvalue weighted by molar-refractivity contribution is 0.106. The van der Waals surface area contributed by atoms with Crippen molar-refractivity contribution in [2.45, 2.75) is 19.6 Å². The molecule has 0 aliphatic carbocycles. The summed E-state index contributed by atoms with van der Waals surface area (Å²) in [6.45, 7) is 3.10. The average Bonchev–Trinajstić information content (AvgIpc) is 2.84. The van der Waals surface area contributed by atoms with Crippen LogP contribution in [0.3, 0.4) is 0 Å². The lowest BCUT2D eigenvalue weighted by atomic mass is 10.3. The molecule has 2 rings (SSSR count). The van der Waals surface area contributed by atoms with E-state index in [-0.39, 0.29) is 6.61 Å². The van der Waals surface area contributed by atoms with Crippen molar-refractivity contribution >= 4 is 34.5 Å². The maximum absolute atomic E-state index is 9.88. The molecule has 114 valence electrons. The molecule has 1 unspecified atom stereocenters. The van der Waals surface area contributed by atoms with E-state index < -0.39 is 6.10 Å². The molecule has 1 atom stereocenters. The molecule has 2 N–H and O–H groups in total. The monoisotopic (exact) mass is 346 g/mol. The first-order valence-electron chi connectivity index (χ1n) is 6.43. The zero-order valence-corrected chi connectivity index (χ0v) is 13.8. The first kappa shape index (κ1) is 16.5. The summed E-state index contributed by atoms with van der Waals surface area (Å²) in [5, 5.41) is 16.9. The number of aromatic nitrogens is 1. The number of aliphatic hydroxyl groups is 1. The highest BCUT2D eigenvalue weighted by Crippen LogP contribution is 2.32. The molecule has 7 heteroatoms. The third-order valence-electron chi connectivity index (χ3n) is 2.69. The van der Waals surface area contributed by atoms with Gasteiger partial charge in [0.25, 0.3) is 0 Å². The zero-order chi connectivity index (χ0) is 15.2. The van der Waals surface area contributed by atoms with Gasteiger partial charge in [-0.15, -0.1) is 11.3 Å². The SMILES string of the molecule is Cc1nc(CNCC(O)COc2c(Cl)cccc2Cl)cs1. The van der Waals surface area contributed by atoms with Crippen LogP contribution in [0.1, 0.15) is 10.7 Å². The van der Waals surface area contributed by atoms with Crippen LogP contribution >= 0.6 is 34.5 Å². The summed E-state index contributed by atoms with van der Waals surface area (Å²) < 4.78 is 5.47. The first-order chi connectivity index (χ1) is 10.1. The summed E-state index contributed by atoms with van der Waals surface area (Å²) >= 11 is 13.6. The van der Waals surface area contributed by atoms with Crippen LogP contribution in [0.15, 0.2) is 23.6 Å². The number of para-hydroxylation sites is 1. The van der Waals surface area contributed by atoms with Gasteiger partial charge in [0, 0.05) is 18.5 Å². The normalized spacial score (nSPS) is 12.4. The minimum Gasteiger partial charge on any atom is -0.488 e. The number of nitrogens with one attached hydrogen (secondary N) is 1. The Morgan fingerprint density at radius 1 is 1.38 bits per heavy atom. The standard InChI is InChI=1S/C14H16Cl2N2O2S/c1-9-18-10(8-21-9)5-17-6-11(19)7-20-14-12(15)3-2-4-13(14)16/h2-4,8,11,17,19H,5-7H2,1H3. The second kappa shape index (κ2) is 7.96. The van der Waals surface area contributed by atoms with Crippen molar-refractivity contribution in [1.29, 1.82) is 0 Å². The number of aryl methyl sites for hydroxylation is 1. The molecule has 1 aromatic heterocycles. The smallest absolute Gasteiger partial charge is 0.156 e. The van der Waals surface area contributed by atoms with E-state index >= 15 is 0 Å². The van der Waals surface area contributed by atoms with Gasteiger partial charge in [0.15, 0.2) is 5.75 Å². The number of rotatable bonds is 7. The lowest BCUT2D eigenvalue weighted by Gasteiger charge is -2.14. The molecule has 21 heavy (non-hydrogen) atoms. The molecule has 0 saturated heterocycles. The van der Waals surface area contributed by atoms with Gasteiger partial charge >= 0.3 is 0 Å². The van der Waals surface area contributed by atoms with Crippen LogP contribution in [0, 0.1) is 6.92 Å². The Kier molecular flexibility index (Phi) is 6.26. The number of hydrogen-bond acceptors (Lipinski definition) is 5. The van der Waals surface area contributed by atoms with Gasteiger partial charge in [-0.25, -0.2) is 4.98 Å². The molecule has 0 saturated carbocycles. The molecule has 2 aromatic rings. The van der Waals surface area contributed by atoms with Gasteiger partial charge in [-0.05, 0) is 19.1 Å². The van der Waals surface area contributed by atoms with E-state index in [4.69, 9.17) is 27.9 Å². The number of ether oxygens (including phenoxy) is 1. The van der Waals surface area contributed by atoms with Crippen LogP contribution in [-0.4, -0.2) is 29.3 Å². The van der Waals surface area contributed by atoms with E-state index in [9.17, 15) is 5.11 Å².